The zero-order valence-corrected chi connectivity index (χ0v) is 15.2. The van der Waals surface area contributed by atoms with Crippen molar-refractivity contribution in [3.8, 4) is 0 Å². The number of nitrogens with one attached hydrogen (secondary N) is 1. The van der Waals surface area contributed by atoms with E-state index in [2.05, 4.69) is 5.32 Å². The smallest absolute Gasteiger partial charge is 0.236 e. The molecule has 1 amide bonds. The van der Waals surface area contributed by atoms with Crippen LogP contribution in [0.4, 0.5) is 0 Å². The molecule has 8 heteroatoms. The molecule has 1 aliphatic carbocycles. The van der Waals surface area contributed by atoms with Crippen LogP contribution in [0.3, 0.4) is 0 Å². The maximum Gasteiger partial charge on any atom is 0.236 e. The molecule has 0 saturated heterocycles. The molecule has 0 aliphatic heterocycles. The second-order valence-electron chi connectivity index (χ2n) is 5.65. The highest BCUT2D eigenvalue weighted by Crippen LogP contribution is 2.26. The minimum Gasteiger partial charge on any atom is -0.351 e. The van der Waals surface area contributed by atoms with Crippen molar-refractivity contribution in [2.75, 3.05) is 25.4 Å². The molecule has 0 radical (unpaired) electrons. The summed E-state index contributed by atoms with van der Waals surface area (Å²) in [6.07, 6.45) is 5.68. The predicted octanol–water partition coefficient (Wildman–Crippen LogP) is 1.10. The van der Waals surface area contributed by atoms with Crippen LogP contribution < -0.4 is 11.1 Å². The van der Waals surface area contributed by atoms with Gasteiger partial charge >= 0.3 is 0 Å². The molecule has 0 heterocycles. The third-order valence-corrected chi connectivity index (χ3v) is 6.16. The Hall–Kier alpha value is -0.370. The summed E-state index contributed by atoms with van der Waals surface area (Å²) >= 11 is 0. The largest absolute Gasteiger partial charge is 0.351 e. The quantitative estimate of drug-likeness (QED) is 0.682. The molecule has 22 heavy (non-hydrogen) atoms. The molecule has 6 nitrogen and oxygen atoms in total. The Labute approximate surface area is 140 Å². The lowest BCUT2D eigenvalue weighted by atomic mass is 9.84. The van der Waals surface area contributed by atoms with Crippen molar-refractivity contribution in [3.05, 3.63) is 0 Å². The lowest BCUT2D eigenvalue weighted by Gasteiger charge is -2.30. The first-order valence-corrected chi connectivity index (χ1v) is 9.52. The van der Waals surface area contributed by atoms with Crippen LogP contribution in [0.1, 0.15) is 46.0 Å². The van der Waals surface area contributed by atoms with E-state index in [4.69, 9.17) is 5.73 Å². The highest BCUT2D eigenvalue weighted by Gasteiger charge is 2.27. The fourth-order valence-corrected chi connectivity index (χ4v) is 4.41. The molecule has 0 bridgehead atoms. The normalized spacial score (nSPS) is 17.8. The summed E-state index contributed by atoms with van der Waals surface area (Å²) < 4.78 is 25.5. The van der Waals surface area contributed by atoms with Crippen LogP contribution in [0.2, 0.25) is 0 Å². The Morgan fingerprint density at radius 2 is 1.77 bits per heavy atom. The molecule has 1 fully saturated rings. The van der Waals surface area contributed by atoms with Gasteiger partial charge in [0.1, 0.15) is 5.75 Å². The molecule has 1 saturated carbocycles. The maximum absolute atomic E-state index is 12.1. The standard InChI is InChI=1S/C14H29N3O3S.ClH/c1-3-17(4-2)21(19,20)11-14(18)16-13(10-15)12-8-6-5-7-9-12;/h12-13H,3-11,15H2,1-2H3,(H,16,18);1H. The van der Waals surface area contributed by atoms with Gasteiger partial charge in [-0.3, -0.25) is 4.79 Å². The molecule has 0 spiro atoms. The van der Waals surface area contributed by atoms with Crippen molar-refractivity contribution in [2.45, 2.75) is 52.0 Å². The van der Waals surface area contributed by atoms with E-state index < -0.39 is 21.7 Å². The molecule has 3 N–H and O–H groups in total. The molecule has 0 aromatic rings. The number of carbonyl (C=O) groups excluding carboxylic acids is 1. The van der Waals surface area contributed by atoms with Gasteiger partial charge in [-0.15, -0.1) is 12.4 Å². The molecular formula is C14H30ClN3O3S. The zero-order valence-electron chi connectivity index (χ0n) is 13.6. The van der Waals surface area contributed by atoms with Gasteiger partial charge in [0, 0.05) is 25.7 Å². The molecule has 0 aromatic carbocycles. The number of halogens is 1. The van der Waals surface area contributed by atoms with Gasteiger partial charge in [-0.25, -0.2) is 12.7 Å². The van der Waals surface area contributed by atoms with Gasteiger partial charge < -0.3 is 11.1 Å². The van der Waals surface area contributed by atoms with Crippen molar-refractivity contribution >= 4 is 28.3 Å². The molecule has 132 valence electrons. The van der Waals surface area contributed by atoms with Gasteiger partial charge in [-0.2, -0.15) is 0 Å². The molecule has 1 aliphatic rings. The Balaban J connectivity index is 0.00000441. The summed E-state index contributed by atoms with van der Waals surface area (Å²) in [6, 6.07) is -0.107. The number of rotatable bonds is 8. The molecule has 1 unspecified atom stereocenters. The van der Waals surface area contributed by atoms with Crippen LogP contribution in [0.15, 0.2) is 0 Å². The molecule has 0 aromatic heterocycles. The molecular weight excluding hydrogens is 326 g/mol. The summed E-state index contributed by atoms with van der Waals surface area (Å²) in [7, 11) is -3.53. The van der Waals surface area contributed by atoms with Gasteiger partial charge in [0.2, 0.25) is 15.9 Å². The number of nitrogens with two attached hydrogens (primary N) is 1. The number of amides is 1. The fourth-order valence-electron chi connectivity index (χ4n) is 3.03. The second-order valence-corrected chi connectivity index (χ2v) is 7.62. The Morgan fingerprint density at radius 3 is 2.23 bits per heavy atom. The van der Waals surface area contributed by atoms with E-state index in [-0.39, 0.29) is 18.4 Å². The maximum atomic E-state index is 12.1. The monoisotopic (exact) mass is 355 g/mol. The Kier molecular flexibility index (Phi) is 10.2. The van der Waals surface area contributed by atoms with Crippen molar-refractivity contribution in [2.24, 2.45) is 11.7 Å². The summed E-state index contributed by atoms with van der Waals surface area (Å²) in [5, 5.41) is 2.83. The van der Waals surface area contributed by atoms with Crippen LogP contribution in [-0.4, -0.2) is 50.1 Å². The topological polar surface area (TPSA) is 92.5 Å². The first-order chi connectivity index (χ1) is 9.94. The van der Waals surface area contributed by atoms with Crippen LogP contribution >= 0.6 is 12.4 Å². The minimum atomic E-state index is -3.53. The Bertz CT molecular complexity index is 421. The number of carbonyl (C=O) groups is 1. The summed E-state index contributed by atoms with van der Waals surface area (Å²) in [5.41, 5.74) is 5.75. The van der Waals surface area contributed by atoms with E-state index in [1.165, 1.54) is 10.7 Å². The van der Waals surface area contributed by atoms with Gasteiger partial charge in [0.05, 0.1) is 0 Å². The second kappa shape index (κ2) is 10.4. The number of hydrogen-bond acceptors (Lipinski definition) is 4. The predicted molar refractivity (Wildman–Crippen MR) is 91.5 cm³/mol. The minimum absolute atomic E-state index is 0. The Morgan fingerprint density at radius 1 is 1.23 bits per heavy atom. The zero-order chi connectivity index (χ0) is 15.9. The summed E-state index contributed by atoms with van der Waals surface area (Å²) in [5.74, 6) is -0.551. The van der Waals surface area contributed by atoms with E-state index in [9.17, 15) is 13.2 Å². The average molecular weight is 356 g/mol. The average Bonchev–Trinajstić information content (AvgIpc) is 2.46. The fraction of sp³-hybridized carbons (Fsp3) is 0.929. The highest BCUT2D eigenvalue weighted by molar-refractivity contribution is 7.89. The third-order valence-electron chi connectivity index (χ3n) is 4.23. The van der Waals surface area contributed by atoms with Crippen LogP contribution in [0.25, 0.3) is 0 Å². The molecule has 1 atom stereocenters. The van der Waals surface area contributed by atoms with Crippen molar-refractivity contribution < 1.29 is 13.2 Å². The first-order valence-electron chi connectivity index (χ1n) is 7.91. The highest BCUT2D eigenvalue weighted by atomic mass is 35.5. The third kappa shape index (κ3) is 6.40. The van der Waals surface area contributed by atoms with Crippen molar-refractivity contribution in [1.82, 2.24) is 9.62 Å². The number of sulfonamides is 1. The number of nitrogens with zero attached hydrogens (tertiary/aromatic N) is 1. The van der Waals surface area contributed by atoms with Gasteiger partial charge in [-0.1, -0.05) is 33.1 Å². The van der Waals surface area contributed by atoms with Crippen LogP contribution in [0.5, 0.6) is 0 Å². The van der Waals surface area contributed by atoms with E-state index >= 15 is 0 Å². The van der Waals surface area contributed by atoms with Crippen LogP contribution in [-0.2, 0) is 14.8 Å². The molecule has 1 rings (SSSR count). The van der Waals surface area contributed by atoms with Crippen LogP contribution in [0, 0.1) is 5.92 Å². The summed E-state index contributed by atoms with van der Waals surface area (Å²) in [6.45, 7) is 4.67. The van der Waals surface area contributed by atoms with Crippen molar-refractivity contribution in [3.63, 3.8) is 0 Å². The SMILES string of the molecule is CCN(CC)S(=O)(=O)CC(=O)NC(CN)C1CCCCC1.Cl. The number of hydrogen-bond donors (Lipinski definition) is 2. The van der Waals surface area contributed by atoms with E-state index in [0.29, 0.717) is 25.6 Å². The van der Waals surface area contributed by atoms with E-state index in [0.717, 1.165) is 25.7 Å². The lowest BCUT2D eigenvalue weighted by molar-refractivity contribution is -0.119. The van der Waals surface area contributed by atoms with E-state index in [1.807, 2.05) is 0 Å². The van der Waals surface area contributed by atoms with Gasteiger partial charge in [-0.05, 0) is 18.8 Å². The van der Waals surface area contributed by atoms with E-state index in [1.54, 1.807) is 13.8 Å². The summed E-state index contributed by atoms with van der Waals surface area (Å²) in [4.78, 5) is 12.0. The lowest BCUT2D eigenvalue weighted by Crippen LogP contribution is -2.49. The van der Waals surface area contributed by atoms with Crippen molar-refractivity contribution in [1.29, 1.82) is 0 Å². The van der Waals surface area contributed by atoms with Gasteiger partial charge in [0.15, 0.2) is 0 Å². The van der Waals surface area contributed by atoms with Gasteiger partial charge in [0.25, 0.3) is 0 Å². The first kappa shape index (κ1) is 21.6.